The Labute approximate surface area is 205 Å². The maximum Gasteiger partial charge on any atom is 0.275 e. The third kappa shape index (κ3) is 4.95. The van der Waals surface area contributed by atoms with Crippen molar-refractivity contribution in [2.45, 2.75) is 0 Å². The lowest BCUT2D eigenvalue weighted by atomic mass is 10.1. The topological polar surface area (TPSA) is 112 Å². The van der Waals surface area contributed by atoms with Gasteiger partial charge in [0.15, 0.2) is 0 Å². The van der Waals surface area contributed by atoms with E-state index < -0.39 is 10.8 Å². The number of nitrogens with zero attached hydrogens (tertiary/aromatic N) is 4. The molecule has 1 N–H and O–H groups in total. The van der Waals surface area contributed by atoms with Gasteiger partial charge < -0.3 is 10.1 Å². The number of anilines is 1. The number of amides is 1. The van der Waals surface area contributed by atoms with Crippen LogP contribution in [0.25, 0.3) is 16.9 Å². The second-order valence-corrected chi connectivity index (χ2v) is 7.76. The van der Waals surface area contributed by atoms with Gasteiger partial charge in [-0.25, -0.2) is 4.68 Å². The smallest absolute Gasteiger partial charge is 0.275 e. The first-order chi connectivity index (χ1) is 17.6. The fourth-order valence-corrected chi connectivity index (χ4v) is 3.62. The molecule has 0 atom stereocenters. The van der Waals surface area contributed by atoms with Gasteiger partial charge in [-0.2, -0.15) is 5.10 Å². The summed E-state index contributed by atoms with van der Waals surface area (Å²) in [5.74, 6) is 0.130. The van der Waals surface area contributed by atoms with Gasteiger partial charge in [0, 0.05) is 30.1 Å². The second-order valence-electron chi connectivity index (χ2n) is 7.76. The predicted molar refractivity (Wildman–Crippen MR) is 134 cm³/mol. The summed E-state index contributed by atoms with van der Waals surface area (Å²) in [6.07, 6.45) is 4.71. The third-order valence-corrected chi connectivity index (χ3v) is 5.26. The summed E-state index contributed by atoms with van der Waals surface area (Å²) >= 11 is 0. The molecule has 2 heterocycles. The molecule has 5 rings (SSSR count). The molecule has 0 fully saturated rings. The van der Waals surface area contributed by atoms with Crippen LogP contribution in [0.3, 0.4) is 0 Å². The van der Waals surface area contributed by atoms with E-state index in [1.807, 2.05) is 60.7 Å². The number of hydrogen-bond donors (Lipinski definition) is 1. The molecule has 0 radical (unpaired) electrons. The maximum atomic E-state index is 13.4. The summed E-state index contributed by atoms with van der Waals surface area (Å²) < 4.78 is 7.34. The molecule has 176 valence electrons. The normalized spacial score (nSPS) is 10.6. The molecule has 1 amide bonds. The van der Waals surface area contributed by atoms with Crippen LogP contribution in [-0.4, -0.2) is 25.6 Å². The number of benzene rings is 3. The summed E-state index contributed by atoms with van der Waals surface area (Å²) in [7, 11) is 0. The van der Waals surface area contributed by atoms with Crippen LogP contribution in [0.15, 0.2) is 110 Å². The highest BCUT2D eigenvalue weighted by molar-refractivity contribution is 6.08. The van der Waals surface area contributed by atoms with E-state index in [1.165, 1.54) is 24.4 Å². The lowest BCUT2D eigenvalue weighted by Crippen LogP contribution is -2.12. The maximum absolute atomic E-state index is 13.4. The Morgan fingerprint density at radius 1 is 0.917 bits per heavy atom. The Morgan fingerprint density at radius 3 is 2.36 bits per heavy atom. The van der Waals surface area contributed by atoms with Crippen LogP contribution in [0.5, 0.6) is 11.5 Å². The second kappa shape index (κ2) is 9.90. The van der Waals surface area contributed by atoms with Gasteiger partial charge >= 0.3 is 0 Å². The highest BCUT2D eigenvalue weighted by Crippen LogP contribution is 2.31. The van der Waals surface area contributed by atoms with Crippen LogP contribution in [-0.2, 0) is 0 Å². The lowest BCUT2D eigenvalue weighted by molar-refractivity contribution is -0.384. The van der Waals surface area contributed by atoms with Crippen LogP contribution in [0, 0.1) is 10.1 Å². The molecule has 5 aromatic rings. The molecule has 36 heavy (non-hydrogen) atoms. The summed E-state index contributed by atoms with van der Waals surface area (Å²) in [6, 6.07) is 26.2. The minimum Gasteiger partial charge on any atom is -0.455 e. The zero-order valence-corrected chi connectivity index (χ0v) is 18.8. The number of carbonyl (C=O) groups is 1. The Balaban J connectivity index is 1.51. The van der Waals surface area contributed by atoms with Crippen molar-refractivity contribution in [1.29, 1.82) is 0 Å². The van der Waals surface area contributed by atoms with Crippen LogP contribution in [0.2, 0.25) is 0 Å². The Morgan fingerprint density at radius 2 is 1.67 bits per heavy atom. The molecule has 0 unspecified atom stereocenters. The predicted octanol–water partition coefficient (Wildman–Crippen LogP) is 5.89. The number of carbonyl (C=O) groups excluding carboxylic acids is 1. The van der Waals surface area contributed by atoms with Crippen molar-refractivity contribution in [2.24, 2.45) is 0 Å². The van der Waals surface area contributed by atoms with E-state index in [-0.39, 0.29) is 17.1 Å². The molecular weight excluding hydrogens is 458 g/mol. The first-order valence-electron chi connectivity index (χ1n) is 11.0. The van der Waals surface area contributed by atoms with Gasteiger partial charge in [0.05, 0.1) is 34.1 Å². The van der Waals surface area contributed by atoms with Crippen molar-refractivity contribution < 1.29 is 14.5 Å². The number of aromatic nitrogens is 3. The van der Waals surface area contributed by atoms with Gasteiger partial charge in [0.25, 0.3) is 11.6 Å². The van der Waals surface area contributed by atoms with E-state index >= 15 is 0 Å². The summed E-state index contributed by atoms with van der Waals surface area (Å²) in [4.78, 5) is 28.4. The van der Waals surface area contributed by atoms with Crippen molar-refractivity contribution in [3.63, 3.8) is 0 Å². The van der Waals surface area contributed by atoms with Gasteiger partial charge in [-0.05, 0) is 24.3 Å². The summed E-state index contributed by atoms with van der Waals surface area (Å²) in [5, 5.41) is 18.9. The molecule has 0 aliphatic heterocycles. The zero-order chi connectivity index (χ0) is 24.9. The van der Waals surface area contributed by atoms with E-state index in [9.17, 15) is 14.9 Å². The van der Waals surface area contributed by atoms with Crippen LogP contribution < -0.4 is 10.1 Å². The standard InChI is InChI=1S/C27H19N5O4/c33-27(29-20-14-22(32(34)35)16-24(15-20)36-23-12-7-13-28-17-23)25-18-31(21-10-5-2-6-11-21)30-26(25)19-8-3-1-4-9-19/h1-18H,(H,29,33). The van der Waals surface area contributed by atoms with E-state index in [4.69, 9.17) is 4.74 Å². The Hall–Kier alpha value is -5.31. The first kappa shape index (κ1) is 22.5. The van der Waals surface area contributed by atoms with Crippen molar-refractivity contribution in [1.82, 2.24) is 14.8 Å². The number of non-ortho nitro benzene ring substituents is 1. The minimum atomic E-state index is -0.547. The molecule has 0 aliphatic carbocycles. The average molecular weight is 477 g/mol. The number of rotatable bonds is 7. The molecule has 0 saturated heterocycles. The third-order valence-electron chi connectivity index (χ3n) is 5.26. The molecule has 0 aliphatic rings. The largest absolute Gasteiger partial charge is 0.455 e. The highest BCUT2D eigenvalue weighted by Gasteiger charge is 2.20. The zero-order valence-electron chi connectivity index (χ0n) is 18.8. The number of nitro groups is 1. The lowest BCUT2D eigenvalue weighted by Gasteiger charge is -2.09. The number of hydrogen-bond acceptors (Lipinski definition) is 6. The van der Waals surface area contributed by atoms with Crippen LogP contribution in [0.4, 0.5) is 11.4 Å². The van der Waals surface area contributed by atoms with Crippen LogP contribution in [0.1, 0.15) is 10.4 Å². The van der Waals surface area contributed by atoms with Gasteiger partial charge in [0.1, 0.15) is 17.2 Å². The van der Waals surface area contributed by atoms with Gasteiger partial charge in [0.2, 0.25) is 0 Å². The SMILES string of the molecule is O=C(Nc1cc(Oc2cccnc2)cc([N+](=O)[O-])c1)c1cn(-c2ccccc2)nc1-c1ccccc1. The minimum absolute atomic E-state index is 0.191. The molecule has 2 aromatic heterocycles. The van der Waals surface area contributed by atoms with E-state index in [1.54, 1.807) is 29.2 Å². The highest BCUT2D eigenvalue weighted by atomic mass is 16.6. The Kier molecular flexibility index (Phi) is 6.18. The number of para-hydroxylation sites is 1. The Bertz CT molecular complexity index is 1520. The molecule has 9 heteroatoms. The van der Waals surface area contributed by atoms with Crippen molar-refractivity contribution >= 4 is 17.3 Å². The van der Waals surface area contributed by atoms with E-state index in [2.05, 4.69) is 15.4 Å². The molecule has 0 bridgehead atoms. The average Bonchev–Trinajstić information content (AvgIpc) is 3.36. The van der Waals surface area contributed by atoms with Gasteiger partial charge in [-0.3, -0.25) is 19.9 Å². The van der Waals surface area contributed by atoms with Gasteiger partial charge in [-0.1, -0.05) is 48.5 Å². The van der Waals surface area contributed by atoms with E-state index in [0.29, 0.717) is 17.0 Å². The summed E-state index contributed by atoms with van der Waals surface area (Å²) in [5.41, 5.74) is 2.32. The van der Waals surface area contributed by atoms with Crippen molar-refractivity contribution in [2.75, 3.05) is 5.32 Å². The van der Waals surface area contributed by atoms with E-state index in [0.717, 1.165) is 11.3 Å². The number of ether oxygens (including phenoxy) is 1. The van der Waals surface area contributed by atoms with Crippen molar-refractivity contribution in [3.05, 3.63) is 125 Å². The molecule has 9 nitrogen and oxygen atoms in total. The van der Waals surface area contributed by atoms with Crippen LogP contribution >= 0.6 is 0 Å². The molecular formula is C27H19N5O4. The fraction of sp³-hybridized carbons (Fsp3) is 0. The number of nitro benzene ring substituents is 1. The summed E-state index contributed by atoms with van der Waals surface area (Å²) in [6.45, 7) is 0. The monoisotopic (exact) mass is 477 g/mol. The molecule has 3 aromatic carbocycles. The molecule has 0 spiro atoms. The first-order valence-corrected chi connectivity index (χ1v) is 11.0. The van der Waals surface area contributed by atoms with Gasteiger partial charge in [-0.15, -0.1) is 0 Å². The quantitative estimate of drug-likeness (QED) is 0.231. The molecule has 0 saturated carbocycles. The number of pyridine rings is 1. The number of nitrogens with one attached hydrogen (secondary N) is 1. The van der Waals surface area contributed by atoms with Crippen molar-refractivity contribution in [3.8, 4) is 28.4 Å². The fourth-order valence-electron chi connectivity index (χ4n) is 3.62.